The predicted molar refractivity (Wildman–Crippen MR) is 138 cm³/mol. The van der Waals surface area contributed by atoms with Gasteiger partial charge in [-0.05, 0) is 60.4 Å². The molecule has 4 rings (SSSR count). The number of anilines is 1. The van der Waals surface area contributed by atoms with E-state index in [0.29, 0.717) is 0 Å². The average molecular weight is 441 g/mol. The lowest BCUT2D eigenvalue weighted by atomic mass is 9.91. The van der Waals surface area contributed by atoms with E-state index in [4.69, 9.17) is 0 Å². The molecule has 0 aromatic carbocycles. The van der Waals surface area contributed by atoms with E-state index in [1.807, 2.05) is 37.7 Å². The summed E-state index contributed by atoms with van der Waals surface area (Å²) in [6.45, 7) is 17.9. The molecule has 6 nitrogen and oxygen atoms in total. The molecule has 0 atom stereocenters. The van der Waals surface area contributed by atoms with Crippen LogP contribution in [0.5, 0.6) is 0 Å². The summed E-state index contributed by atoms with van der Waals surface area (Å²) < 4.78 is 0. The minimum Gasteiger partial charge on any atom is -0.387 e. The number of aromatic amines is 2. The van der Waals surface area contributed by atoms with Crippen molar-refractivity contribution in [3.8, 4) is 11.4 Å². The van der Waals surface area contributed by atoms with Crippen molar-refractivity contribution >= 4 is 29.5 Å². The first kappa shape index (κ1) is 22.4. The van der Waals surface area contributed by atoms with Crippen molar-refractivity contribution < 1.29 is 0 Å². The Hall–Kier alpha value is -3.80. The van der Waals surface area contributed by atoms with Crippen LogP contribution in [0, 0.1) is 5.41 Å². The Morgan fingerprint density at radius 1 is 1.21 bits per heavy atom. The lowest BCUT2D eigenvalue weighted by molar-refractivity contribution is 0.411. The molecule has 0 unspecified atom stereocenters. The van der Waals surface area contributed by atoms with E-state index in [2.05, 4.69) is 82.9 Å². The minimum absolute atomic E-state index is 0.167. The first-order valence-corrected chi connectivity index (χ1v) is 11.2. The van der Waals surface area contributed by atoms with Crippen LogP contribution in [-0.2, 0) is 6.54 Å². The summed E-state index contributed by atoms with van der Waals surface area (Å²) in [7, 11) is 0. The quantitative estimate of drug-likeness (QED) is 0.454. The Balaban J connectivity index is 1.66. The normalized spacial score (nSPS) is 14.2. The van der Waals surface area contributed by atoms with Crippen molar-refractivity contribution in [3.05, 3.63) is 77.0 Å². The van der Waals surface area contributed by atoms with Crippen molar-refractivity contribution in [1.82, 2.24) is 25.5 Å². The van der Waals surface area contributed by atoms with Gasteiger partial charge in [-0.15, -0.1) is 0 Å². The maximum absolute atomic E-state index is 4.59. The molecular weight excluding hydrogens is 408 g/mol. The van der Waals surface area contributed by atoms with E-state index >= 15 is 0 Å². The van der Waals surface area contributed by atoms with Gasteiger partial charge in [0, 0.05) is 34.9 Å². The number of nitrogens with one attached hydrogen (secondary N) is 4. The van der Waals surface area contributed by atoms with Gasteiger partial charge in [-0.1, -0.05) is 40.0 Å². The monoisotopic (exact) mass is 440 g/mol. The maximum atomic E-state index is 4.59. The van der Waals surface area contributed by atoms with E-state index < -0.39 is 0 Å². The third-order valence-corrected chi connectivity index (χ3v) is 5.46. The highest BCUT2D eigenvalue weighted by molar-refractivity contribution is 5.88. The third-order valence-electron chi connectivity index (χ3n) is 5.46. The van der Waals surface area contributed by atoms with Crippen LogP contribution < -0.4 is 21.2 Å². The molecule has 0 saturated carbocycles. The summed E-state index contributed by atoms with van der Waals surface area (Å²) in [6, 6.07) is 4.20. The van der Waals surface area contributed by atoms with E-state index in [-0.39, 0.29) is 5.41 Å². The van der Waals surface area contributed by atoms with Crippen LogP contribution in [0.15, 0.2) is 49.6 Å². The van der Waals surface area contributed by atoms with Gasteiger partial charge in [0.05, 0.1) is 22.9 Å². The van der Waals surface area contributed by atoms with Crippen molar-refractivity contribution in [2.75, 3.05) is 5.32 Å². The number of hydrogen-bond donors (Lipinski definition) is 4. The van der Waals surface area contributed by atoms with Gasteiger partial charge in [-0.3, -0.25) is 10.1 Å². The number of H-pyrrole nitrogens is 2. The van der Waals surface area contributed by atoms with Crippen molar-refractivity contribution in [2.24, 2.45) is 5.41 Å². The number of allylic oxidation sites excluding steroid dienone is 2. The van der Waals surface area contributed by atoms with E-state index in [1.54, 1.807) is 0 Å². The number of fused-ring (bicyclic) bond motifs is 1. The highest BCUT2D eigenvalue weighted by Crippen LogP contribution is 2.25. The molecule has 0 bridgehead atoms. The van der Waals surface area contributed by atoms with Gasteiger partial charge in [0.2, 0.25) is 0 Å². The first-order valence-electron chi connectivity index (χ1n) is 11.2. The van der Waals surface area contributed by atoms with Crippen LogP contribution in [0.3, 0.4) is 0 Å². The molecule has 0 fully saturated rings. The predicted octanol–water partition coefficient (Wildman–Crippen LogP) is 4.53. The molecule has 4 N–H and O–H groups in total. The van der Waals surface area contributed by atoms with Gasteiger partial charge < -0.3 is 15.6 Å². The average Bonchev–Trinajstić information content (AvgIpc) is 3.35. The molecule has 1 aliphatic rings. The van der Waals surface area contributed by atoms with Crippen LogP contribution in [0.1, 0.15) is 50.9 Å². The zero-order chi connectivity index (χ0) is 23.6. The van der Waals surface area contributed by atoms with Crippen LogP contribution >= 0.6 is 0 Å². The van der Waals surface area contributed by atoms with Crippen molar-refractivity contribution in [2.45, 2.75) is 40.7 Å². The number of rotatable bonds is 6. The van der Waals surface area contributed by atoms with Gasteiger partial charge in [0.1, 0.15) is 5.69 Å². The van der Waals surface area contributed by atoms with Crippen LogP contribution in [0.4, 0.5) is 5.69 Å². The fraction of sp³-hybridized carbons (Fsp3) is 0.259. The second-order valence-electron chi connectivity index (χ2n) is 9.62. The minimum atomic E-state index is 0.167. The molecule has 170 valence electrons. The number of hydrogen-bond acceptors (Lipinski definition) is 4. The Labute approximate surface area is 194 Å². The summed E-state index contributed by atoms with van der Waals surface area (Å²) in [5.74, 6) is 0. The Kier molecular flexibility index (Phi) is 6.09. The maximum Gasteiger partial charge on any atom is 0.116 e. The fourth-order valence-corrected chi connectivity index (χ4v) is 4.01. The Bertz CT molecular complexity index is 1340. The summed E-state index contributed by atoms with van der Waals surface area (Å²) in [5.41, 5.74) is 8.01. The van der Waals surface area contributed by atoms with E-state index in [9.17, 15) is 0 Å². The highest BCUT2D eigenvalue weighted by Gasteiger charge is 2.14. The Morgan fingerprint density at radius 2 is 2.03 bits per heavy atom. The molecule has 6 heteroatoms. The lowest BCUT2D eigenvalue weighted by Gasteiger charge is -2.20. The molecule has 0 amide bonds. The number of aromatic nitrogens is 4. The molecule has 3 aromatic rings. The van der Waals surface area contributed by atoms with E-state index in [0.717, 1.165) is 63.1 Å². The van der Waals surface area contributed by atoms with Gasteiger partial charge in [0.15, 0.2) is 0 Å². The van der Waals surface area contributed by atoms with Gasteiger partial charge in [-0.2, -0.15) is 5.10 Å². The first-order chi connectivity index (χ1) is 15.7. The smallest absolute Gasteiger partial charge is 0.116 e. The number of pyridine rings is 1. The van der Waals surface area contributed by atoms with Crippen molar-refractivity contribution in [3.63, 3.8) is 0 Å². The summed E-state index contributed by atoms with van der Waals surface area (Å²) in [4.78, 5) is 7.90. The zero-order valence-corrected chi connectivity index (χ0v) is 19.8. The molecule has 33 heavy (non-hydrogen) atoms. The van der Waals surface area contributed by atoms with Crippen molar-refractivity contribution in [1.29, 1.82) is 0 Å². The van der Waals surface area contributed by atoms with Crippen LogP contribution in [-0.4, -0.2) is 20.2 Å². The second kappa shape index (κ2) is 8.98. The molecule has 0 aliphatic carbocycles. The largest absolute Gasteiger partial charge is 0.387 e. The highest BCUT2D eigenvalue weighted by atomic mass is 15.1. The second-order valence-corrected chi connectivity index (χ2v) is 9.62. The van der Waals surface area contributed by atoms with Gasteiger partial charge >= 0.3 is 0 Å². The summed E-state index contributed by atoms with van der Waals surface area (Å²) in [5, 5.41) is 16.3. The van der Waals surface area contributed by atoms with Gasteiger partial charge in [0.25, 0.3) is 0 Å². The molecular formula is C27H32N6. The third kappa shape index (κ3) is 5.17. The standard InChI is InChI=1S/C27H32N6/c1-7-23-22(26(33-32-23)25-12-20-15-28-9-8-24(20)31-25)10-17(2)19-11-21(16-29-14-19)30-18(3)13-27(4,5)6/h7-12,14,16,28,30-32H,2-3,13,15H2,1,4-6H3/b22-10+,23-7+. The summed E-state index contributed by atoms with van der Waals surface area (Å²) >= 11 is 0. The molecule has 4 heterocycles. The molecule has 0 radical (unpaired) electrons. The molecule has 0 saturated heterocycles. The van der Waals surface area contributed by atoms with Crippen LogP contribution in [0.2, 0.25) is 0 Å². The SMILES string of the molecule is C=C(CC(C)(C)C)Nc1cncc(C(=C)/C=c2/c(-c3cc4c([nH]3)C=CNC4)n[nH]/c2=C/C)c1. The molecule has 3 aromatic heterocycles. The Morgan fingerprint density at radius 3 is 2.76 bits per heavy atom. The van der Waals surface area contributed by atoms with Gasteiger partial charge in [-0.25, -0.2) is 0 Å². The fourth-order valence-electron chi connectivity index (χ4n) is 4.01. The number of nitrogens with zero attached hydrogens (tertiary/aromatic N) is 2. The topological polar surface area (TPSA) is 81.4 Å². The molecule has 0 spiro atoms. The van der Waals surface area contributed by atoms with E-state index in [1.165, 1.54) is 5.56 Å². The van der Waals surface area contributed by atoms with Crippen LogP contribution in [0.25, 0.3) is 35.2 Å². The zero-order valence-electron chi connectivity index (χ0n) is 19.8. The molecule has 1 aliphatic heterocycles. The lowest BCUT2D eigenvalue weighted by Crippen LogP contribution is -2.23. The summed E-state index contributed by atoms with van der Waals surface area (Å²) in [6.07, 6.45) is 12.6.